The zero-order valence-corrected chi connectivity index (χ0v) is 8.31. The van der Waals surface area contributed by atoms with Crippen LogP contribution in [0.25, 0.3) is 0 Å². The molecule has 0 aliphatic heterocycles. The van der Waals surface area contributed by atoms with Crippen LogP contribution in [0.1, 0.15) is 13.8 Å². The fraction of sp³-hybridized carbons (Fsp3) is 0.500. The summed E-state index contributed by atoms with van der Waals surface area (Å²) in [5.41, 5.74) is -1.16. The molecule has 0 aliphatic rings. The van der Waals surface area contributed by atoms with Crippen molar-refractivity contribution in [3.8, 4) is 0 Å². The van der Waals surface area contributed by atoms with E-state index < -0.39 is 24.5 Å². The summed E-state index contributed by atoms with van der Waals surface area (Å²) in [4.78, 5) is 31.3. The topological polar surface area (TPSA) is 103 Å². The average Bonchev–Trinajstić information content (AvgIpc) is 2.13. The van der Waals surface area contributed by atoms with E-state index >= 15 is 0 Å². The van der Waals surface area contributed by atoms with E-state index in [-0.39, 0.29) is 0 Å². The van der Waals surface area contributed by atoms with Crippen LogP contribution in [0.2, 0.25) is 0 Å². The maximum atomic E-state index is 10.9. The fourth-order valence-electron chi connectivity index (χ4n) is 0.465. The fourth-order valence-corrected chi connectivity index (χ4v) is 0.465. The van der Waals surface area contributed by atoms with Crippen LogP contribution in [0.15, 0.2) is 0 Å². The van der Waals surface area contributed by atoms with Gasteiger partial charge < -0.3 is 19.6 Å². The number of carbonyl (C=O) groups is 3. The SMILES string of the molecule is CC(C)(C=N)OC(=O)OC(=O)OCC=O. The van der Waals surface area contributed by atoms with E-state index in [2.05, 4.69) is 14.2 Å². The molecule has 0 atom stereocenters. The first-order valence-electron chi connectivity index (χ1n) is 3.94. The lowest BCUT2D eigenvalue weighted by atomic mass is 10.2. The minimum absolute atomic E-state index is 0.327. The number of nitrogens with one attached hydrogen (secondary N) is 1. The van der Waals surface area contributed by atoms with E-state index in [9.17, 15) is 14.4 Å². The second kappa shape index (κ2) is 5.74. The Labute approximate surface area is 85.8 Å². The predicted octanol–water partition coefficient (Wildman–Crippen LogP) is 0.903. The molecule has 0 aliphatic carbocycles. The van der Waals surface area contributed by atoms with E-state index in [4.69, 9.17) is 5.41 Å². The zero-order valence-electron chi connectivity index (χ0n) is 8.31. The molecule has 0 aromatic rings. The highest BCUT2D eigenvalue weighted by atomic mass is 16.8. The molecule has 84 valence electrons. The maximum absolute atomic E-state index is 10.9. The van der Waals surface area contributed by atoms with Gasteiger partial charge in [-0.1, -0.05) is 0 Å². The minimum Gasteiger partial charge on any atom is -0.426 e. The van der Waals surface area contributed by atoms with E-state index in [0.717, 1.165) is 6.21 Å². The summed E-state index contributed by atoms with van der Waals surface area (Å²) in [6.45, 7) is 2.36. The molecular weight excluding hydrogens is 206 g/mol. The number of hydrogen-bond donors (Lipinski definition) is 1. The molecule has 0 bridgehead atoms. The molecule has 0 heterocycles. The Morgan fingerprint density at radius 1 is 1.33 bits per heavy atom. The molecule has 0 spiro atoms. The third-order valence-corrected chi connectivity index (χ3v) is 1.13. The lowest BCUT2D eigenvalue weighted by molar-refractivity contribution is -0.111. The Hall–Kier alpha value is -1.92. The van der Waals surface area contributed by atoms with Crippen LogP contribution < -0.4 is 0 Å². The van der Waals surface area contributed by atoms with Gasteiger partial charge in [0.2, 0.25) is 0 Å². The van der Waals surface area contributed by atoms with Crippen LogP contribution in [-0.4, -0.2) is 37.0 Å². The molecule has 0 saturated carbocycles. The second-order valence-electron chi connectivity index (χ2n) is 2.93. The van der Waals surface area contributed by atoms with Gasteiger partial charge in [-0.2, -0.15) is 0 Å². The summed E-state index contributed by atoms with van der Waals surface area (Å²) in [5, 5.41) is 6.87. The van der Waals surface area contributed by atoms with Crippen molar-refractivity contribution in [2.45, 2.75) is 19.4 Å². The van der Waals surface area contributed by atoms with Crippen molar-refractivity contribution >= 4 is 24.8 Å². The number of rotatable bonds is 4. The standard InChI is InChI=1S/C8H11NO6/c1-8(2,5-9)15-7(12)14-6(11)13-4-3-10/h3,5,9H,4H2,1-2H3. The number of ether oxygens (including phenoxy) is 3. The first-order valence-corrected chi connectivity index (χ1v) is 3.94. The van der Waals surface area contributed by atoms with Gasteiger partial charge in [0, 0.05) is 6.21 Å². The Kier molecular flexibility index (Phi) is 5.00. The molecule has 0 rings (SSSR count). The smallest absolute Gasteiger partial charge is 0.426 e. The molecule has 0 aromatic heterocycles. The van der Waals surface area contributed by atoms with Crippen LogP contribution in [0.5, 0.6) is 0 Å². The molecule has 15 heavy (non-hydrogen) atoms. The van der Waals surface area contributed by atoms with Gasteiger partial charge in [-0.05, 0) is 13.8 Å². The molecular formula is C8H11NO6. The summed E-state index contributed by atoms with van der Waals surface area (Å²) < 4.78 is 12.7. The van der Waals surface area contributed by atoms with Gasteiger partial charge >= 0.3 is 12.3 Å². The highest BCUT2D eigenvalue weighted by Crippen LogP contribution is 2.06. The van der Waals surface area contributed by atoms with Crippen LogP contribution >= 0.6 is 0 Å². The first kappa shape index (κ1) is 13.1. The molecule has 0 saturated heterocycles. The molecule has 0 amide bonds. The normalized spacial score (nSPS) is 10.0. The quantitative estimate of drug-likeness (QED) is 0.325. The second-order valence-corrected chi connectivity index (χ2v) is 2.93. The Balaban J connectivity index is 3.98. The van der Waals surface area contributed by atoms with E-state index in [0.29, 0.717) is 6.29 Å². The van der Waals surface area contributed by atoms with Crippen LogP contribution in [0.3, 0.4) is 0 Å². The summed E-state index contributed by atoms with van der Waals surface area (Å²) in [6.07, 6.45) is -1.42. The molecule has 1 N–H and O–H groups in total. The van der Waals surface area contributed by atoms with Crippen molar-refractivity contribution in [2.75, 3.05) is 6.61 Å². The predicted molar refractivity (Wildman–Crippen MR) is 47.8 cm³/mol. The molecule has 0 fully saturated rings. The van der Waals surface area contributed by atoms with Crippen molar-refractivity contribution in [3.05, 3.63) is 0 Å². The van der Waals surface area contributed by atoms with Gasteiger partial charge in [0.15, 0.2) is 12.9 Å². The first-order chi connectivity index (χ1) is 6.91. The van der Waals surface area contributed by atoms with Crippen molar-refractivity contribution in [1.82, 2.24) is 0 Å². The lowest BCUT2D eigenvalue weighted by Gasteiger charge is -2.17. The van der Waals surface area contributed by atoms with Crippen molar-refractivity contribution in [3.63, 3.8) is 0 Å². The highest BCUT2D eigenvalue weighted by Gasteiger charge is 2.23. The molecule has 7 nitrogen and oxygen atoms in total. The van der Waals surface area contributed by atoms with Crippen LogP contribution in [0.4, 0.5) is 9.59 Å². The van der Waals surface area contributed by atoms with Crippen molar-refractivity contribution in [1.29, 1.82) is 5.41 Å². The number of hydrogen-bond acceptors (Lipinski definition) is 7. The summed E-state index contributed by atoms with van der Waals surface area (Å²) >= 11 is 0. The molecule has 7 heteroatoms. The average molecular weight is 217 g/mol. The van der Waals surface area contributed by atoms with E-state index in [1.165, 1.54) is 13.8 Å². The van der Waals surface area contributed by atoms with Gasteiger partial charge in [0.1, 0.15) is 5.60 Å². The molecule has 0 radical (unpaired) electrons. The monoisotopic (exact) mass is 217 g/mol. The van der Waals surface area contributed by atoms with Gasteiger partial charge in [0.25, 0.3) is 0 Å². The number of carbonyl (C=O) groups excluding carboxylic acids is 3. The minimum atomic E-state index is -1.33. The third kappa shape index (κ3) is 6.19. The summed E-state index contributed by atoms with van der Waals surface area (Å²) in [6, 6.07) is 0. The molecule has 0 unspecified atom stereocenters. The van der Waals surface area contributed by atoms with Crippen molar-refractivity contribution in [2.24, 2.45) is 0 Å². The third-order valence-electron chi connectivity index (χ3n) is 1.13. The van der Waals surface area contributed by atoms with Gasteiger partial charge in [-0.25, -0.2) is 9.59 Å². The maximum Gasteiger partial charge on any atom is 0.519 e. The van der Waals surface area contributed by atoms with Gasteiger partial charge in [0.05, 0.1) is 0 Å². The van der Waals surface area contributed by atoms with Crippen LogP contribution in [-0.2, 0) is 19.0 Å². The Morgan fingerprint density at radius 2 is 1.93 bits per heavy atom. The number of aldehydes is 1. The molecule has 0 aromatic carbocycles. The van der Waals surface area contributed by atoms with Gasteiger partial charge in [-0.15, -0.1) is 0 Å². The van der Waals surface area contributed by atoms with E-state index in [1.807, 2.05) is 0 Å². The van der Waals surface area contributed by atoms with Gasteiger partial charge in [-0.3, -0.25) is 4.79 Å². The highest BCUT2D eigenvalue weighted by molar-refractivity contribution is 5.79. The Morgan fingerprint density at radius 3 is 2.40 bits per heavy atom. The lowest BCUT2D eigenvalue weighted by Crippen LogP contribution is -2.30. The zero-order chi connectivity index (χ0) is 11.9. The Bertz CT molecular complexity index is 272. The van der Waals surface area contributed by atoms with Crippen LogP contribution in [0, 0.1) is 5.41 Å². The van der Waals surface area contributed by atoms with E-state index in [1.54, 1.807) is 0 Å². The largest absolute Gasteiger partial charge is 0.519 e. The van der Waals surface area contributed by atoms with Crippen molar-refractivity contribution < 1.29 is 28.6 Å². The summed E-state index contributed by atoms with van der Waals surface area (Å²) in [7, 11) is 0. The summed E-state index contributed by atoms with van der Waals surface area (Å²) in [5.74, 6) is 0.